The quantitative estimate of drug-likeness (QED) is 0.481. The first kappa shape index (κ1) is 11.2. The molecule has 0 aromatic heterocycles. The van der Waals surface area contributed by atoms with Crippen molar-refractivity contribution in [2.24, 2.45) is 0 Å². The molecular formula is C9H16N4O3. The van der Waals surface area contributed by atoms with E-state index in [0.717, 1.165) is 5.06 Å². The van der Waals surface area contributed by atoms with Crippen LogP contribution in [0, 0.1) is 0 Å². The van der Waals surface area contributed by atoms with E-state index < -0.39 is 12.1 Å². The highest BCUT2D eigenvalue weighted by Gasteiger charge is 2.46. The van der Waals surface area contributed by atoms with E-state index >= 15 is 0 Å². The number of urea groups is 1. The highest BCUT2D eigenvalue weighted by atomic mass is 16.5. The first-order chi connectivity index (χ1) is 7.50. The molecule has 7 nitrogen and oxygen atoms in total. The van der Waals surface area contributed by atoms with E-state index in [1.165, 1.54) is 4.90 Å². The molecule has 2 N–H and O–H groups in total. The van der Waals surface area contributed by atoms with Crippen LogP contribution in [-0.4, -0.2) is 64.8 Å². The van der Waals surface area contributed by atoms with Gasteiger partial charge in [0.2, 0.25) is 0 Å². The fourth-order valence-corrected chi connectivity index (χ4v) is 2.22. The number of hydrogen-bond donors (Lipinski definition) is 2. The maximum atomic E-state index is 11.8. The van der Waals surface area contributed by atoms with Gasteiger partial charge in [0.15, 0.2) is 0 Å². The number of nitrogens with zero attached hydrogens (tertiary/aromatic N) is 3. The number of fused-ring (bicyclic) bond motifs is 2. The van der Waals surface area contributed by atoms with E-state index in [-0.39, 0.29) is 11.9 Å². The molecule has 0 saturated carbocycles. The third kappa shape index (κ3) is 1.72. The fourth-order valence-electron chi connectivity index (χ4n) is 2.22. The minimum Gasteiger partial charge on any atom is -0.309 e. The molecule has 2 unspecified atom stereocenters. The van der Waals surface area contributed by atoms with Crippen LogP contribution in [0.15, 0.2) is 0 Å². The summed E-state index contributed by atoms with van der Waals surface area (Å²) >= 11 is 0. The van der Waals surface area contributed by atoms with E-state index in [9.17, 15) is 14.8 Å². The summed E-state index contributed by atoms with van der Waals surface area (Å²) in [5.41, 5.74) is 2.63. The van der Waals surface area contributed by atoms with Crippen molar-refractivity contribution in [2.45, 2.75) is 24.9 Å². The molecule has 0 aliphatic carbocycles. The lowest BCUT2D eigenvalue weighted by Gasteiger charge is -2.30. The van der Waals surface area contributed by atoms with Crippen LogP contribution >= 0.6 is 0 Å². The van der Waals surface area contributed by atoms with Gasteiger partial charge in [0, 0.05) is 20.6 Å². The average molecular weight is 228 g/mol. The van der Waals surface area contributed by atoms with E-state index in [0.29, 0.717) is 19.4 Å². The monoisotopic (exact) mass is 228 g/mol. The molecule has 2 rings (SSSR count). The zero-order valence-corrected chi connectivity index (χ0v) is 9.38. The van der Waals surface area contributed by atoms with E-state index in [1.54, 1.807) is 19.1 Å². The number of amides is 3. The maximum Gasteiger partial charge on any atom is 0.344 e. The van der Waals surface area contributed by atoms with Gasteiger partial charge >= 0.3 is 6.03 Å². The Bertz CT molecular complexity index is 320. The standard InChI is InChI=1S/C9H16N4O3/c1-11(2)10-8(14)7-4-3-6-5-12(7)9(15)13(6)16/h6-7,16H,3-5H2,1-2H3,(H,10,14). The Labute approximate surface area is 93.5 Å². The normalized spacial score (nSPS) is 28.9. The predicted molar refractivity (Wildman–Crippen MR) is 54.4 cm³/mol. The lowest BCUT2D eigenvalue weighted by Crippen LogP contribution is -2.52. The van der Waals surface area contributed by atoms with Crippen molar-refractivity contribution < 1.29 is 14.8 Å². The molecule has 0 aromatic carbocycles. The second kappa shape index (κ2) is 3.91. The van der Waals surface area contributed by atoms with Crippen molar-refractivity contribution in [3.63, 3.8) is 0 Å². The van der Waals surface area contributed by atoms with Gasteiger partial charge in [-0.25, -0.2) is 14.9 Å². The van der Waals surface area contributed by atoms with Crippen molar-refractivity contribution in [1.29, 1.82) is 0 Å². The van der Waals surface area contributed by atoms with Gasteiger partial charge in [0.05, 0.1) is 6.04 Å². The highest BCUT2D eigenvalue weighted by molar-refractivity contribution is 5.88. The molecule has 2 saturated heterocycles. The molecule has 3 amide bonds. The first-order valence-electron chi connectivity index (χ1n) is 5.27. The molecule has 2 bridgehead atoms. The van der Waals surface area contributed by atoms with Crippen molar-refractivity contribution in [2.75, 3.05) is 20.6 Å². The van der Waals surface area contributed by atoms with Crippen LogP contribution in [0.3, 0.4) is 0 Å². The summed E-state index contributed by atoms with van der Waals surface area (Å²) in [5, 5.41) is 11.7. The lowest BCUT2D eigenvalue weighted by atomic mass is 10.0. The molecule has 2 aliphatic rings. The van der Waals surface area contributed by atoms with Gasteiger partial charge in [-0.05, 0) is 12.8 Å². The van der Waals surface area contributed by atoms with Crippen LogP contribution in [0.2, 0.25) is 0 Å². The van der Waals surface area contributed by atoms with Gasteiger partial charge in [-0.1, -0.05) is 0 Å². The van der Waals surface area contributed by atoms with Crippen LogP contribution in [-0.2, 0) is 4.79 Å². The van der Waals surface area contributed by atoms with Crippen molar-refractivity contribution in [3.8, 4) is 0 Å². The third-order valence-electron chi connectivity index (χ3n) is 2.98. The Morgan fingerprint density at radius 3 is 2.81 bits per heavy atom. The summed E-state index contributed by atoms with van der Waals surface area (Å²) in [4.78, 5) is 24.8. The van der Waals surface area contributed by atoms with Gasteiger partial charge in [0.1, 0.15) is 6.04 Å². The Hall–Kier alpha value is -1.34. The maximum absolute atomic E-state index is 11.8. The summed E-state index contributed by atoms with van der Waals surface area (Å²) in [6.45, 7) is 0.431. The summed E-state index contributed by atoms with van der Waals surface area (Å²) < 4.78 is 0. The number of hydrazine groups is 1. The largest absolute Gasteiger partial charge is 0.344 e. The summed E-state index contributed by atoms with van der Waals surface area (Å²) in [6.07, 6.45) is 1.25. The molecule has 2 atom stereocenters. The van der Waals surface area contributed by atoms with E-state index in [2.05, 4.69) is 5.43 Å². The fraction of sp³-hybridized carbons (Fsp3) is 0.778. The van der Waals surface area contributed by atoms with Crippen LogP contribution < -0.4 is 5.43 Å². The molecule has 0 aromatic rings. The zero-order valence-electron chi connectivity index (χ0n) is 9.38. The number of rotatable bonds is 2. The topological polar surface area (TPSA) is 76.1 Å². The molecule has 0 radical (unpaired) electrons. The second-order valence-corrected chi connectivity index (χ2v) is 4.40. The van der Waals surface area contributed by atoms with Gasteiger partial charge in [-0.15, -0.1) is 0 Å². The number of hydroxylamine groups is 2. The highest BCUT2D eigenvalue weighted by Crippen LogP contribution is 2.28. The summed E-state index contributed by atoms with van der Waals surface area (Å²) in [5.74, 6) is -0.202. The molecule has 2 fully saturated rings. The summed E-state index contributed by atoms with van der Waals surface area (Å²) in [6, 6.07) is -1.10. The molecule has 7 heteroatoms. The number of hydrogen-bond acceptors (Lipinski definition) is 4. The second-order valence-electron chi connectivity index (χ2n) is 4.40. The minimum absolute atomic E-state index is 0.157. The Kier molecular flexibility index (Phi) is 2.73. The number of nitrogens with one attached hydrogen (secondary N) is 1. The van der Waals surface area contributed by atoms with Crippen LogP contribution in [0.4, 0.5) is 4.79 Å². The van der Waals surface area contributed by atoms with Crippen LogP contribution in [0.1, 0.15) is 12.8 Å². The van der Waals surface area contributed by atoms with Crippen LogP contribution in [0.25, 0.3) is 0 Å². The third-order valence-corrected chi connectivity index (χ3v) is 2.98. The lowest BCUT2D eigenvalue weighted by molar-refractivity contribution is -0.129. The Morgan fingerprint density at radius 2 is 2.19 bits per heavy atom. The number of carbonyl (C=O) groups is 2. The molecule has 90 valence electrons. The van der Waals surface area contributed by atoms with E-state index in [1.807, 2.05) is 0 Å². The molecule has 16 heavy (non-hydrogen) atoms. The van der Waals surface area contributed by atoms with Gasteiger partial charge in [-0.3, -0.25) is 15.4 Å². The van der Waals surface area contributed by atoms with Gasteiger partial charge in [-0.2, -0.15) is 0 Å². The first-order valence-corrected chi connectivity index (χ1v) is 5.27. The average Bonchev–Trinajstić information content (AvgIpc) is 2.43. The predicted octanol–water partition coefficient (Wildman–Crippen LogP) is -0.763. The smallest absolute Gasteiger partial charge is 0.309 e. The van der Waals surface area contributed by atoms with Gasteiger partial charge in [0.25, 0.3) is 5.91 Å². The number of piperidine rings is 1. The minimum atomic E-state index is -0.471. The van der Waals surface area contributed by atoms with Crippen molar-refractivity contribution in [1.82, 2.24) is 20.4 Å². The molecule has 2 aliphatic heterocycles. The van der Waals surface area contributed by atoms with Crippen molar-refractivity contribution in [3.05, 3.63) is 0 Å². The number of carbonyl (C=O) groups excluding carboxylic acids is 2. The van der Waals surface area contributed by atoms with Crippen molar-refractivity contribution >= 4 is 11.9 Å². The SMILES string of the molecule is CN(C)NC(=O)C1CCC2CN1C(=O)N2O. The summed E-state index contributed by atoms with van der Waals surface area (Å²) in [7, 11) is 3.43. The zero-order chi connectivity index (χ0) is 11.9. The molecular weight excluding hydrogens is 212 g/mol. The van der Waals surface area contributed by atoms with Crippen LogP contribution in [0.5, 0.6) is 0 Å². The Balaban J connectivity index is 2.07. The van der Waals surface area contributed by atoms with Gasteiger partial charge < -0.3 is 4.90 Å². The molecule has 0 spiro atoms. The van der Waals surface area contributed by atoms with E-state index in [4.69, 9.17) is 0 Å². The Morgan fingerprint density at radius 1 is 1.50 bits per heavy atom. The molecule has 2 heterocycles.